The Hall–Kier alpha value is -0.970. The molecule has 11 heteroatoms. The summed E-state index contributed by atoms with van der Waals surface area (Å²) in [4.78, 5) is 10.0. The van der Waals surface area contributed by atoms with Crippen LogP contribution in [0.5, 0.6) is 0 Å². The molecule has 0 atom stereocenters. The average Bonchev–Trinajstić information content (AvgIpc) is 2.00. The van der Waals surface area contributed by atoms with Gasteiger partial charge in [0.15, 0.2) is 0 Å². The van der Waals surface area contributed by atoms with E-state index in [0.717, 1.165) is 0 Å². The van der Waals surface area contributed by atoms with Gasteiger partial charge in [-0.15, -0.1) is 0 Å². The number of carboxylic acid groups (broad SMARTS) is 1. The highest BCUT2D eigenvalue weighted by Gasteiger charge is 2.68. The highest BCUT2D eigenvalue weighted by atomic mass is 32.2. The first-order valence-corrected chi connectivity index (χ1v) is 4.90. The highest BCUT2D eigenvalue weighted by Crippen LogP contribution is 2.40. The molecule has 96 valence electrons. The van der Waals surface area contributed by atoms with E-state index in [2.05, 4.69) is 0 Å². The predicted octanol–water partition coefficient (Wildman–Crippen LogP) is 0.488. The van der Waals surface area contributed by atoms with Crippen LogP contribution in [0.25, 0.3) is 0 Å². The number of likely N-dealkylation sites (N-methyl/N-ethyl adjacent to an activating group) is 1. The van der Waals surface area contributed by atoms with E-state index in [1.54, 1.807) is 0 Å². The Morgan fingerprint density at radius 1 is 1.25 bits per heavy atom. The van der Waals surface area contributed by atoms with Crippen LogP contribution in [0.3, 0.4) is 0 Å². The second kappa shape index (κ2) is 4.13. The smallest absolute Gasteiger partial charge is 0.470 e. The molecule has 0 saturated heterocycles. The fraction of sp³-hybridized carbons (Fsp3) is 0.800. The molecule has 0 aromatic carbocycles. The summed E-state index contributed by atoms with van der Waals surface area (Å²) in [7, 11) is -5.79. The lowest BCUT2D eigenvalue weighted by Gasteiger charge is -2.24. The van der Waals surface area contributed by atoms with Gasteiger partial charge in [0.2, 0.25) is 0 Å². The maximum Gasteiger partial charge on any atom is 0.470 e. The van der Waals surface area contributed by atoms with E-state index >= 15 is 0 Å². The zero-order chi connectivity index (χ0) is 13.4. The summed E-state index contributed by atoms with van der Waals surface area (Å²) in [6.07, 6.45) is -6.31. The Bertz CT molecular complexity index is 375. The van der Waals surface area contributed by atoms with Gasteiger partial charge in [0.05, 0.1) is 0 Å². The molecule has 0 heterocycles. The van der Waals surface area contributed by atoms with E-state index < -0.39 is 38.3 Å². The molecule has 0 radical (unpaired) electrons. The molecule has 0 amide bonds. The van der Waals surface area contributed by atoms with Gasteiger partial charge in [0.1, 0.15) is 6.54 Å². The number of sulfonamides is 1. The molecular formula is C5H6F5NO4S. The summed E-state index contributed by atoms with van der Waals surface area (Å²) < 4.78 is 81.0. The quantitative estimate of drug-likeness (QED) is 0.755. The standard InChI is InChI=1S/C5H6F5NO4S/c1-11(2-3(12)13)16(14,15)5(9,10)4(6,7)8/h2H2,1H3,(H,12,13). The van der Waals surface area contributed by atoms with Crippen molar-refractivity contribution in [3.63, 3.8) is 0 Å². The minimum absolute atomic E-state index is 0.309. The van der Waals surface area contributed by atoms with E-state index in [-0.39, 0.29) is 0 Å². The predicted molar refractivity (Wildman–Crippen MR) is 40.2 cm³/mol. The fourth-order valence-corrected chi connectivity index (χ4v) is 1.58. The van der Waals surface area contributed by atoms with Crippen molar-refractivity contribution in [3.05, 3.63) is 0 Å². The molecule has 1 N–H and O–H groups in total. The summed E-state index contributed by atoms with van der Waals surface area (Å²) in [5.41, 5.74) is 0. The van der Waals surface area contributed by atoms with Gasteiger partial charge < -0.3 is 5.11 Å². The van der Waals surface area contributed by atoms with Crippen molar-refractivity contribution >= 4 is 16.0 Å². The topological polar surface area (TPSA) is 74.7 Å². The van der Waals surface area contributed by atoms with Crippen LogP contribution in [0.4, 0.5) is 22.0 Å². The first-order chi connectivity index (χ1) is 6.84. The molecule has 0 aromatic heterocycles. The van der Waals surface area contributed by atoms with Crippen molar-refractivity contribution in [2.75, 3.05) is 13.6 Å². The number of aliphatic carboxylic acids is 1. The van der Waals surface area contributed by atoms with Crippen molar-refractivity contribution in [3.8, 4) is 0 Å². The Balaban J connectivity index is 5.29. The van der Waals surface area contributed by atoms with Crippen LogP contribution in [0.15, 0.2) is 0 Å². The first kappa shape index (κ1) is 15.0. The second-order valence-corrected chi connectivity index (χ2v) is 4.76. The van der Waals surface area contributed by atoms with Crippen LogP contribution < -0.4 is 0 Å². The maximum absolute atomic E-state index is 12.5. The number of alkyl halides is 5. The van der Waals surface area contributed by atoms with Crippen molar-refractivity contribution in [1.82, 2.24) is 4.31 Å². The number of carboxylic acids is 1. The van der Waals surface area contributed by atoms with Gasteiger partial charge in [-0.2, -0.15) is 26.3 Å². The lowest BCUT2D eigenvalue weighted by Crippen LogP contribution is -2.51. The van der Waals surface area contributed by atoms with Crippen molar-refractivity contribution in [1.29, 1.82) is 0 Å². The van der Waals surface area contributed by atoms with Crippen molar-refractivity contribution in [2.45, 2.75) is 11.4 Å². The summed E-state index contributed by atoms with van der Waals surface area (Å²) in [6.45, 7) is -1.49. The lowest BCUT2D eigenvalue weighted by molar-refractivity contribution is -0.242. The number of nitrogens with zero attached hydrogens (tertiary/aromatic N) is 1. The lowest BCUT2D eigenvalue weighted by atomic mass is 10.7. The fourth-order valence-electron chi connectivity index (χ4n) is 0.617. The molecule has 0 saturated carbocycles. The van der Waals surface area contributed by atoms with Gasteiger partial charge in [-0.25, -0.2) is 8.42 Å². The number of hydrogen-bond acceptors (Lipinski definition) is 3. The van der Waals surface area contributed by atoms with Gasteiger partial charge in [-0.3, -0.25) is 4.79 Å². The van der Waals surface area contributed by atoms with Gasteiger partial charge >= 0.3 is 17.4 Å². The third kappa shape index (κ3) is 2.58. The number of rotatable bonds is 4. The molecule has 0 rings (SSSR count). The van der Waals surface area contributed by atoms with Crippen LogP contribution in [0, 0.1) is 0 Å². The SMILES string of the molecule is CN(CC(=O)O)S(=O)(=O)C(F)(F)C(F)(F)F. The van der Waals surface area contributed by atoms with E-state index in [9.17, 15) is 35.2 Å². The Morgan fingerprint density at radius 3 is 1.88 bits per heavy atom. The summed E-state index contributed by atoms with van der Waals surface area (Å²) in [6, 6.07) is 0. The normalized spacial score (nSPS) is 14.2. The molecule has 0 aliphatic heterocycles. The average molecular weight is 271 g/mol. The summed E-state index contributed by atoms with van der Waals surface area (Å²) >= 11 is 0. The molecule has 5 nitrogen and oxygen atoms in total. The Labute approximate surface area is 86.5 Å². The van der Waals surface area contributed by atoms with Crippen molar-refractivity contribution < 1.29 is 40.3 Å². The molecule has 0 unspecified atom stereocenters. The Kier molecular flexibility index (Phi) is 3.88. The van der Waals surface area contributed by atoms with Gasteiger partial charge in [0.25, 0.3) is 10.0 Å². The van der Waals surface area contributed by atoms with Gasteiger partial charge in [-0.05, 0) is 0 Å². The molecular weight excluding hydrogens is 265 g/mol. The third-order valence-corrected chi connectivity index (χ3v) is 3.25. The molecule has 0 aliphatic rings. The van der Waals surface area contributed by atoms with Crippen LogP contribution in [0.2, 0.25) is 0 Å². The van der Waals surface area contributed by atoms with E-state index in [1.165, 1.54) is 0 Å². The van der Waals surface area contributed by atoms with E-state index in [4.69, 9.17) is 5.11 Å². The minimum atomic E-state index is -6.31. The molecule has 0 bridgehead atoms. The minimum Gasteiger partial charge on any atom is -0.480 e. The van der Waals surface area contributed by atoms with E-state index in [1.807, 2.05) is 0 Å². The molecule has 0 fully saturated rings. The largest absolute Gasteiger partial charge is 0.480 e. The first-order valence-electron chi connectivity index (χ1n) is 3.46. The number of halogens is 5. The molecule has 0 aliphatic carbocycles. The maximum atomic E-state index is 12.5. The van der Waals surface area contributed by atoms with Crippen molar-refractivity contribution in [2.24, 2.45) is 0 Å². The number of hydrogen-bond donors (Lipinski definition) is 1. The molecule has 0 aromatic rings. The second-order valence-electron chi connectivity index (χ2n) is 2.67. The van der Waals surface area contributed by atoms with Crippen LogP contribution in [-0.4, -0.2) is 48.8 Å². The third-order valence-electron chi connectivity index (χ3n) is 1.42. The zero-order valence-electron chi connectivity index (χ0n) is 7.62. The molecule has 16 heavy (non-hydrogen) atoms. The van der Waals surface area contributed by atoms with Gasteiger partial charge in [0, 0.05) is 7.05 Å². The summed E-state index contributed by atoms with van der Waals surface area (Å²) in [5.74, 6) is -1.86. The monoisotopic (exact) mass is 271 g/mol. The molecule has 0 spiro atoms. The van der Waals surface area contributed by atoms with E-state index in [0.29, 0.717) is 7.05 Å². The number of carbonyl (C=O) groups is 1. The van der Waals surface area contributed by atoms with Crippen LogP contribution in [-0.2, 0) is 14.8 Å². The summed E-state index contributed by atoms with van der Waals surface area (Å²) in [5, 5.41) is 2.06. The zero-order valence-corrected chi connectivity index (χ0v) is 8.44. The Morgan fingerprint density at radius 2 is 1.62 bits per heavy atom. The highest BCUT2D eigenvalue weighted by molar-refractivity contribution is 7.90. The van der Waals surface area contributed by atoms with Gasteiger partial charge in [-0.1, -0.05) is 0 Å². The van der Waals surface area contributed by atoms with Crippen LogP contribution >= 0.6 is 0 Å². The van der Waals surface area contributed by atoms with Crippen LogP contribution in [0.1, 0.15) is 0 Å².